The van der Waals surface area contributed by atoms with Gasteiger partial charge in [-0.05, 0) is 30.9 Å². The number of ether oxygens (including phenoxy) is 1. The third-order valence-corrected chi connectivity index (χ3v) is 3.57. The second-order valence-corrected chi connectivity index (χ2v) is 5.38. The number of halogens is 1. The van der Waals surface area contributed by atoms with Gasteiger partial charge in [0.05, 0.1) is 12.0 Å². The molecule has 1 aromatic carbocycles. The summed E-state index contributed by atoms with van der Waals surface area (Å²) in [7, 11) is 0. The van der Waals surface area contributed by atoms with Crippen molar-refractivity contribution in [2.75, 3.05) is 11.9 Å². The van der Waals surface area contributed by atoms with Crippen LogP contribution >= 0.6 is 15.9 Å². The van der Waals surface area contributed by atoms with Crippen LogP contribution in [-0.4, -0.2) is 11.9 Å². The van der Waals surface area contributed by atoms with Crippen molar-refractivity contribution in [3.63, 3.8) is 0 Å². The van der Waals surface area contributed by atoms with Crippen molar-refractivity contribution in [2.45, 2.75) is 19.8 Å². The number of hydrogen-bond acceptors (Lipinski definition) is 3. The largest absolute Gasteiger partial charge is 0.488 e. The third-order valence-electron chi connectivity index (χ3n) is 3.11. The van der Waals surface area contributed by atoms with Gasteiger partial charge in [0.25, 0.3) is 0 Å². The Morgan fingerprint density at radius 1 is 1.37 bits per heavy atom. The van der Waals surface area contributed by atoms with E-state index in [-0.39, 0.29) is 5.76 Å². The Bertz CT molecular complexity index is 585. The van der Waals surface area contributed by atoms with Crippen LogP contribution < -0.4 is 4.74 Å². The summed E-state index contributed by atoms with van der Waals surface area (Å²) in [5.74, 6) is 1.43. The van der Waals surface area contributed by atoms with E-state index < -0.39 is 0 Å². The molecule has 19 heavy (non-hydrogen) atoms. The molecule has 2 rings (SSSR count). The van der Waals surface area contributed by atoms with Crippen LogP contribution in [0.3, 0.4) is 0 Å². The number of benzene rings is 1. The summed E-state index contributed by atoms with van der Waals surface area (Å²) in [6.45, 7) is 2.80. The van der Waals surface area contributed by atoms with E-state index in [4.69, 9.17) is 14.4 Å². The lowest BCUT2D eigenvalue weighted by Gasteiger charge is -2.10. The summed E-state index contributed by atoms with van der Waals surface area (Å²) >= 11 is 3.44. The average Bonchev–Trinajstić information content (AvgIpc) is 2.77. The summed E-state index contributed by atoms with van der Waals surface area (Å²) in [5, 5.41) is 11.0. The van der Waals surface area contributed by atoms with Crippen molar-refractivity contribution in [3.05, 3.63) is 30.0 Å². The Hall–Kier alpha value is -1.47. The first-order valence-electron chi connectivity index (χ1n) is 6.36. The standard InChI is InChI=1S/C15H16BrNO2/c1-11(6-8-16)7-9-18-15-12-4-2-3-5-13(12)19-14(15)10-17/h2-5,11H,6-9H2,1H3. The summed E-state index contributed by atoms with van der Waals surface area (Å²) in [6, 6.07) is 9.61. The summed E-state index contributed by atoms with van der Waals surface area (Å²) in [6.07, 6.45) is 2.09. The predicted octanol–water partition coefficient (Wildman–Crippen LogP) is 4.49. The topological polar surface area (TPSA) is 46.2 Å². The van der Waals surface area contributed by atoms with E-state index in [1.54, 1.807) is 0 Å². The van der Waals surface area contributed by atoms with E-state index in [9.17, 15) is 0 Å². The maximum absolute atomic E-state index is 9.08. The molecule has 1 heterocycles. The van der Waals surface area contributed by atoms with Gasteiger partial charge in [-0.25, -0.2) is 0 Å². The van der Waals surface area contributed by atoms with Crippen LogP contribution in [-0.2, 0) is 0 Å². The van der Waals surface area contributed by atoms with Crippen molar-refractivity contribution in [1.29, 1.82) is 5.26 Å². The molecule has 0 spiro atoms. The highest BCUT2D eigenvalue weighted by molar-refractivity contribution is 9.09. The highest BCUT2D eigenvalue weighted by Gasteiger charge is 2.15. The molecule has 0 fully saturated rings. The van der Waals surface area contributed by atoms with E-state index in [2.05, 4.69) is 22.9 Å². The van der Waals surface area contributed by atoms with Gasteiger partial charge in [-0.15, -0.1) is 0 Å². The molecule has 0 aliphatic rings. The molecule has 0 saturated heterocycles. The van der Waals surface area contributed by atoms with Crippen LogP contribution in [0.5, 0.6) is 5.75 Å². The maximum Gasteiger partial charge on any atom is 0.246 e. The van der Waals surface area contributed by atoms with E-state index in [1.165, 1.54) is 0 Å². The zero-order valence-electron chi connectivity index (χ0n) is 10.9. The number of fused-ring (bicyclic) bond motifs is 1. The number of furan rings is 1. The number of rotatable bonds is 6. The van der Waals surface area contributed by atoms with Crippen LogP contribution in [0.2, 0.25) is 0 Å². The summed E-state index contributed by atoms with van der Waals surface area (Å²) < 4.78 is 11.2. The highest BCUT2D eigenvalue weighted by atomic mass is 79.9. The molecule has 1 unspecified atom stereocenters. The second kappa shape index (κ2) is 6.63. The van der Waals surface area contributed by atoms with Crippen LogP contribution in [0.4, 0.5) is 0 Å². The third kappa shape index (κ3) is 3.30. The molecule has 0 N–H and O–H groups in total. The lowest BCUT2D eigenvalue weighted by Crippen LogP contribution is -2.05. The number of nitriles is 1. The Morgan fingerprint density at radius 3 is 2.89 bits per heavy atom. The fourth-order valence-corrected chi connectivity index (χ4v) is 2.71. The molecule has 0 amide bonds. The normalized spacial score (nSPS) is 12.3. The van der Waals surface area contributed by atoms with Gasteiger partial charge >= 0.3 is 0 Å². The van der Waals surface area contributed by atoms with E-state index in [1.807, 2.05) is 30.3 Å². The minimum atomic E-state index is 0.259. The second-order valence-electron chi connectivity index (χ2n) is 4.59. The Morgan fingerprint density at radius 2 is 2.16 bits per heavy atom. The van der Waals surface area contributed by atoms with Crippen molar-refractivity contribution >= 4 is 26.9 Å². The lowest BCUT2D eigenvalue weighted by molar-refractivity contribution is 0.281. The first-order valence-corrected chi connectivity index (χ1v) is 7.48. The minimum Gasteiger partial charge on any atom is -0.488 e. The van der Waals surface area contributed by atoms with E-state index in [0.717, 1.165) is 23.6 Å². The van der Waals surface area contributed by atoms with Gasteiger partial charge in [0.15, 0.2) is 5.75 Å². The first kappa shape index (κ1) is 14.0. The highest BCUT2D eigenvalue weighted by Crippen LogP contribution is 2.32. The molecule has 2 aromatic rings. The summed E-state index contributed by atoms with van der Waals surface area (Å²) in [4.78, 5) is 0. The Labute approximate surface area is 121 Å². The number of para-hydroxylation sites is 1. The lowest BCUT2D eigenvalue weighted by atomic mass is 10.1. The molecule has 100 valence electrons. The SMILES string of the molecule is CC(CCBr)CCOc1c(C#N)oc2ccccc12. The molecule has 0 bridgehead atoms. The molecule has 1 atom stereocenters. The quantitative estimate of drug-likeness (QED) is 0.736. The fraction of sp³-hybridized carbons (Fsp3) is 0.400. The van der Waals surface area contributed by atoms with Gasteiger partial charge in [-0.3, -0.25) is 0 Å². The van der Waals surface area contributed by atoms with Crippen LogP contribution in [0.25, 0.3) is 11.0 Å². The molecule has 0 aliphatic carbocycles. The number of hydrogen-bond donors (Lipinski definition) is 0. The molecule has 3 nitrogen and oxygen atoms in total. The average molecular weight is 322 g/mol. The van der Waals surface area contributed by atoms with Gasteiger partial charge in [-0.2, -0.15) is 5.26 Å². The zero-order chi connectivity index (χ0) is 13.7. The van der Waals surface area contributed by atoms with Gasteiger partial charge in [0.1, 0.15) is 11.7 Å². The maximum atomic E-state index is 9.08. The molecule has 0 saturated carbocycles. The predicted molar refractivity (Wildman–Crippen MR) is 78.6 cm³/mol. The van der Waals surface area contributed by atoms with Crippen molar-refractivity contribution in [1.82, 2.24) is 0 Å². The van der Waals surface area contributed by atoms with Gasteiger partial charge in [0, 0.05) is 5.33 Å². The van der Waals surface area contributed by atoms with Gasteiger partial charge in [0.2, 0.25) is 5.76 Å². The van der Waals surface area contributed by atoms with Gasteiger partial charge < -0.3 is 9.15 Å². The monoisotopic (exact) mass is 321 g/mol. The molecule has 0 aliphatic heterocycles. The van der Waals surface area contributed by atoms with E-state index in [0.29, 0.717) is 23.9 Å². The zero-order valence-corrected chi connectivity index (χ0v) is 12.4. The molecule has 1 aromatic heterocycles. The van der Waals surface area contributed by atoms with Crippen molar-refractivity contribution in [3.8, 4) is 11.8 Å². The molecular weight excluding hydrogens is 306 g/mol. The van der Waals surface area contributed by atoms with Crippen LogP contribution in [0, 0.1) is 17.2 Å². The molecule has 4 heteroatoms. The minimum absolute atomic E-state index is 0.259. The smallest absolute Gasteiger partial charge is 0.246 e. The number of alkyl halides is 1. The van der Waals surface area contributed by atoms with Crippen molar-refractivity contribution < 1.29 is 9.15 Å². The van der Waals surface area contributed by atoms with Crippen molar-refractivity contribution in [2.24, 2.45) is 5.92 Å². The molecular formula is C15H16BrNO2. The first-order chi connectivity index (χ1) is 9.26. The van der Waals surface area contributed by atoms with Gasteiger partial charge in [-0.1, -0.05) is 35.0 Å². The van der Waals surface area contributed by atoms with Crippen LogP contribution in [0.15, 0.2) is 28.7 Å². The van der Waals surface area contributed by atoms with E-state index >= 15 is 0 Å². The van der Waals surface area contributed by atoms with Crippen LogP contribution in [0.1, 0.15) is 25.5 Å². The fourth-order valence-electron chi connectivity index (χ4n) is 1.93. The summed E-state index contributed by atoms with van der Waals surface area (Å²) in [5.41, 5.74) is 0.697. The molecule has 0 radical (unpaired) electrons. The Kier molecular flexibility index (Phi) is 4.86. The Balaban J connectivity index is 2.09. The number of nitrogens with zero attached hydrogens (tertiary/aromatic N) is 1.